The molecule has 1 amide bonds. The fourth-order valence-electron chi connectivity index (χ4n) is 3.51. The number of guanidine groups is 1. The number of rotatable bonds is 8. The second kappa shape index (κ2) is 11.0. The van der Waals surface area contributed by atoms with Crippen molar-refractivity contribution < 1.29 is 9.53 Å². The number of aromatic nitrogens is 1. The molecule has 1 aliphatic rings. The van der Waals surface area contributed by atoms with Crippen LogP contribution in [0.2, 0.25) is 0 Å². The summed E-state index contributed by atoms with van der Waals surface area (Å²) in [6.07, 6.45) is 2.95. The molecule has 0 saturated carbocycles. The summed E-state index contributed by atoms with van der Waals surface area (Å²) in [7, 11) is 3.49. The number of para-hydroxylation sites is 1. The Labute approximate surface area is 178 Å². The number of likely N-dealkylation sites (N-methyl/N-ethyl adjacent to an activating group) is 1. The lowest BCUT2D eigenvalue weighted by Crippen LogP contribution is -2.45. The van der Waals surface area contributed by atoms with Crippen LogP contribution in [0.25, 0.3) is 10.9 Å². The number of nitrogens with one attached hydrogen (secondary N) is 3. The average molecular weight is 415 g/mol. The van der Waals surface area contributed by atoms with E-state index in [2.05, 4.69) is 56.8 Å². The Bertz CT molecular complexity index is 854. The van der Waals surface area contributed by atoms with E-state index in [4.69, 9.17) is 4.74 Å². The number of carbonyl (C=O) groups excluding carboxylic acids is 1. The maximum atomic E-state index is 11.9. The van der Waals surface area contributed by atoms with Crippen molar-refractivity contribution in [2.75, 3.05) is 66.6 Å². The van der Waals surface area contributed by atoms with Crippen LogP contribution >= 0.6 is 0 Å². The lowest BCUT2D eigenvalue weighted by Gasteiger charge is -2.26. The summed E-state index contributed by atoms with van der Waals surface area (Å²) in [6.45, 7) is 8.18. The molecule has 1 saturated heterocycles. The summed E-state index contributed by atoms with van der Waals surface area (Å²) < 4.78 is 5.40. The Morgan fingerprint density at radius 2 is 2.00 bits per heavy atom. The second-order valence-electron chi connectivity index (χ2n) is 7.82. The van der Waals surface area contributed by atoms with Crippen LogP contribution in [0.3, 0.4) is 0 Å². The molecule has 0 unspecified atom stereocenters. The van der Waals surface area contributed by atoms with Gasteiger partial charge in [-0.1, -0.05) is 18.2 Å². The van der Waals surface area contributed by atoms with Gasteiger partial charge in [0.25, 0.3) is 0 Å². The predicted molar refractivity (Wildman–Crippen MR) is 121 cm³/mol. The van der Waals surface area contributed by atoms with E-state index in [1.54, 1.807) is 19.0 Å². The van der Waals surface area contributed by atoms with Crippen LogP contribution in [-0.2, 0) is 16.0 Å². The summed E-state index contributed by atoms with van der Waals surface area (Å²) in [5.41, 5.74) is 3.72. The third-order valence-electron chi connectivity index (χ3n) is 5.39. The molecule has 1 aliphatic heterocycles. The largest absolute Gasteiger partial charge is 0.379 e. The Morgan fingerprint density at radius 1 is 1.23 bits per heavy atom. The van der Waals surface area contributed by atoms with Gasteiger partial charge in [0.2, 0.25) is 5.91 Å². The molecule has 0 radical (unpaired) electrons. The number of H-pyrrole nitrogens is 1. The number of hydrogen-bond donors (Lipinski definition) is 3. The number of aryl methyl sites for hydroxylation is 1. The fraction of sp³-hybridized carbons (Fsp3) is 0.545. The van der Waals surface area contributed by atoms with Crippen LogP contribution in [-0.4, -0.2) is 93.2 Å². The minimum Gasteiger partial charge on any atom is -0.379 e. The Balaban J connectivity index is 1.54. The van der Waals surface area contributed by atoms with Crippen molar-refractivity contribution in [3.8, 4) is 0 Å². The standard InChI is InChI=1S/C22H34N6O2/c1-17-5-4-6-19-18(15-25-21(17)19)7-8-23-22(26-16-20(29)27(2)3)24-9-10-28-11-13-30-14-12-28/h4-6,15,25H,7-14,16H2,1-3H3,(H2,23,24,26). The van der Waals surface area contributed by atoms with Crippen molar-refractivity contribution in [1.82, 2.24) is 25.4 Å². The fourth-order valence-corrected chi connectivity index (χ4v) is 3.51. The molecular weight excluding hydrogens is 380 g/mol. The van der Waals surface area contributed by atoms with Crippen LogP contribution in [0.1, 0.15) is 11.1 Å². The van der Waals surface area contributed by atoms with E-state index >= 15 is 0 Å². The molecule has 3 N–H and O–H groups in total. The summed E-state index contributed by atoms with van der Waals surface area (Å²) in [5.74, 6) is 0.658. The smallest absolute Gasteiger partial charge is 0.243 e. The molecule has 0 spiro atoms. The van der Waals surface area contributed by atoms with E-state index in [9.17, 15) is 4.79 Å². The molecule has 1 aromatic carbocycles. The minimum absolute atomic E-state index is 0.0172. The lowest BCUT2D eigenvalue weighted by molar-refractivity contribution is -0.127. The molecule has 3 rings (SSSR count). The van der Waals surface area contributed by atoms with E-state index in [-0.39, 0.29) is 12.5 Å². The lowest BCUT2D eigenvalue weighted by atomic mass is 10.1. The van der Waals surface area contributed by atoms with Crippen LogP contribution in [0, 0.1) is 6.92 Å². The number of aliphatic imine (C=N–C) groups is 1. The van der Waals surface area contributed by atoms with E-state index in [1.807, 2.05) is 0 Å². The van der Waals surface area contributed by atoms with E-state index in [0.717, 1.165) is 52.4 Å². The highest BCUT2D eigenvalue weighted by molar-refractivity contribution is 5.86. The predicted octanol–water partition coefficient (Wildman–Crippen LogP) is 0.974. The number of aromatic amines is 1. The van der Waals surface area contributed by atoms with Crippen molar-refractivity contribution in [3.05, 3.63) is 35.5 Å². The maximum absolute atomic E-state index is 11.9. The molecule has 1 aromatic heterocycles. The van der Waals surface area contributed by atoms with Gasteiger partial charge in [-0.05, 0) is 24.5 Å². The Kier molecular flexibility index (Phi) is 8.10. The van der Waals surface area contributed by atoms with Gasteiger partial charge in [0.05, 0.1) is 13.2 Å². The van der Waals surface area contributed by atoms with E-state index in [1.165, 1.54) is 22.0 Å². The third-order valence-corrected chi connectivity index (χ3v) is 5.39. The zero-order chi connectivity index (χ0) is 21.3. The van der Waals surface area contributed by atoms with Crippen LogP contribution in [0.5, 0.6) is 0 Å². The number of hydrogen-bond acceptors (Lipinski definition) is 4. The first kappa shape index (κ1) is 22.1. The normalized spacial score (nSPS) is 15.4. The van der Waals surface area contributed by atoms with Crippen molar-refractivity contribution in [2.24, 2.45) is 4.99 Å². The zero-order valence-electron chi connectivity index (χ0n) is 18.3. The molecule has 8 nitrogen and oxygen atoms in total. The quantitative estimate of drug-likeness (QED) is 0.443. The first-order chi connectivity index (χ1) is 14.5. The summed E-state index contributed by atoms with van der Waals surface area (Å²) >= 11 is 0. The molecule has 8 heteroatoms. The maximum Gasteiger partial charge on any atom is 0.243 e. The van der Waals surface area contributed by atoms with Gasteiger partial charge < -0.3 is 25.3 Å². The highest BCUT2D eigenvalue weighted by Crippen LogP contribution is 2.21. The highest BCUT2D eigenvalue weighted by Gasteiger charge is 2.11. The minimum atomic E-state index is -0.0172. The Hall–Kier alpha value is -2.58. The molecule has 2 aromatic rings. The summed E-state index contributed by atoms with van der Waals surface area (Å²) in [4.78, 5) is 23.7. The highest BCUT2D eigenvalue weighted by atomic mass is 16.5. The molecule has 2 heterocycles. The molecule has 0 bridgehead atoms. The number of ether oxygens (including phenoxy) is 1. The number of morpholine rings is 1. The van der Waals surface area contributed by atoms with Gasteiger partial charge in [0, 0.05) is 63.9 Å². The number of amides is 1. The van der Waals surface area contributed by atoms with Gasteiger partial charge in [0.15, 0.2) is 5.96 Å². The summed E-state index contributed by atoms with van der Waals surface area (Å²) in [5, 5.41) is 8.01. The molecule has 30 heavy (non-hydrogen) atoms. The van der Waals surface area contributed by atoms with E-state index < -0.39 is 0 Å². The van der Waals surface area contributed by atoms with Gasteiger partial charge in [-0.2, -0.15) is 0 Å². The first-order valence-corrected chi connectivity index (χ1v) is 10.6. The van der Waals surface area contributed by atoms with Gasteiger partial charge in [-0.15, -0.1) is 0 Å². The molecule has 0 aliphatic carbocycles. The zero-order valence-corrected chi connectivity index (χ0v) is 18.3. The van der Waals surface area contributed by atoms with Crippen LogP contribution in [0.15, 0.2) is 29.4 Å². The molecule has 1 fully saturated rings. The second-order valence-corrected chi connectivity index (χ2v) is 7.82. The Morgan fingerprint density at radius 3 is 2.77 bits per heavy atom. The van der Waals surface area contributed by atoms with Crippen molar-refractivity contribution in [2.45, 2.75) is 13.3 Å². The number of benzene rings is 1. The van der Waals surface area contributed by atoms with Gasteiger partial charge in [0.1, 0.15) is 6.54 Å². The average Bonchev–Trinajstić information content (AvgIpc) is 3.16. The van der Waals surface area contributed by atoms with Crippen molar-refractivity contribution in [3.63, 3.8) is 0 Å². The topological polar surface area (TPSA) is 85.0 Å². The SMILES string of the molecule is Cc1cccc2c(CCNC(=NCC(=O)N(C)C)NCCN3CCOCC3)c[nH]c12. The number of fused-ring (bicyclic) bond motifs is 1. The molecule has 164 valence electrons. The summed E-state index contributed by atoms with van der Waals surface area (Å²) in [6, 6.07) is 6.36. The van der Waals surface area contributed by atoms with E-state index in [0.29, 0.717) is 5.96 Å². The van der Waals surface area contributed by atoms with Gasteiger partial charge in [-0.3, -0.25) is 9.69 Å². The molecular formula is C22H34N6O2. The monoisotopic (exact) mass is 414 g/mol. The van der Waals surface area contributed by atoms with Crippen LogP contribution in [0.4, 0.5) is 0 Å². The van der Waals surface area contributed by atoms with Gasteiger partial charge >= 0.3 is 0 Å². The number of carbonyl (C=O) groups is 1. The van der Waals surface area contributed by atoms with Crippen molar-refractivity contribution in [1.29, 1.82) is 0 Å². The van der Waals surface area contributed by atoms with Gasteiger partial charge in [-0.25, -0.2) is 4.99 Å². The first-order valence-electron chi connectivity index (χ1n) is 10.6. The molecule has 0 atom stereocenters. The third kappa shape index (κ3) is 6.21. The number of nitrogens with zero attached hydrogens (tertiary/aromatic N) is 3. The van der Waals surface area contributed by atoms with Crippen LogP contribution < -0.4 is 10.6 Å². The van der Waals surface area contributed by atoms with Crippen molar-refractivity contribution >= 4 is 22.8 Å².